The van der Waals surface area contributed by atoms with Crippen molar-refractivity contribution >= 4 is 16.0 Å². The maximum absolute atomic E-state index is 12.5. The number of nitrogens with zero attached hydrogens (tertiary/aromatic N) is 1. The van der Waals surface area contributed by atoms with E-state index in [-0.39, 0.29) is 18.0 Å². The Hall–Kier alpha value is -3.45. The number of halogens is 3. The van der Waals surface area contributed by atoms with Gasteiger partial charge >= 0.3 is 12.1 Å². The summed E-state index contributed by atoms with van der Waals surface area (Å²) in [6.07, 6.45) is -5.08. The predicted octanol–water partition coefficient (Wildman–Crippen LogP) is 3.90. The number of hydrogen-bond donors (Lipinski definition) is 3. The summed E-state index contributed by atoms with van der Waals surface area (Å²) in [5.74, 6) is -2.15. The van der Waals surface area contributed by atoms with Gasteiger partial charge in [0.05, 0.1) is 18.6 Å². The zero-order valence-electron chi connectivity index (χ0n) is 20.8. The zero-order chi connectivity index (χ0) is 28.3. The summed E-state index contributed by atoms with van der Waals surface area (Å²) >= 11 is 0. The van der Waals surface area contributed by atoms with Crippen molar-refractivity contribution in [2.45, 2.75) is 24.2 Å². The quantitative estimate of drug-likeness (QED) is 0.348. The Morgan fingerprint density at radius 2 is 1.39 bits per heavy atom. The average Bonchev–Trinajstić information content (AvgIpc) is 2.88. The van der Waals surface area contributed by atoms with E-state index in [1.807, 2.05) is 31.3 Å². The van der Waals surface area contributed by atoms with Gasteiger partial charge in [0.1, 0.15) is 5.75 Å². The second-order valence-electron chi connectivity index (χ2n) is 8.16. The highest BCUT2D eigenvalue weighted by Gasteiger charge is 2.38. The van der Waals surface area contributed by atoms with Crippen LogP contribution in [0.4, 0.5) is 13.2 Å². The molecule has 0 bridgehead atoms. The van der Waals surface area contributed by atoms with Crippen LogP contribution < -0.4 is 9.46 Å². The van der Waals surface area contributed by atoms with Crippen LogP contribution in [0, 0.1) is 0 Å². The normalized spacial score (nSPS) is 11.6. The van der Waals surface area contributed by atoms with Gasteiger partial charge < -0.3 is 14.9 Å². The number of methoxy groups -OCH3 is 1. The molecule has 38 heavy (non-hydrogen) atoms. The Bertz CT molecular complexity index is 1260. The molecule has 3 N–H and O–H groups in total. The molecule has 0 radical (unpaired) electrons. The highest BCUT2D eigenvalue weighted by Crippen LogP contribution is 2.21. The van der Waals surface area contributed by atoms with Gasteiger partial charge in [-0.05, 0) is 53.6 Å². The van der Waals surface area contributed by atoms with E-state index in [2.05, 4.69) is 33.9 Å². The minimum absolute atomic E-state index is 0.150. The third kappa shape index (κ3) is 9.78. The molecule has 0 amide bonds. The first-order valence-corrected chi connectivity index (χ1v) is 12.8. The molecule has 0 saturated carbocycles. The van der Waals surface area contributed by atoms with Gasteiger partial charge in [-0.3, -0.25) is 4.90 Å². The first-order chi connectivity index (χ1) is 17.9. The van der Waals surface area contributed by atoms with Crippen LogP contribution in [0.15, 0.2) is 77.7 Å². The third-order valence-corrected chi connectivity index (χ3v) is 6.67. The fourth-order valence-electron chi connectivity index (χ4n) is 3.20. The van der Waals surface area contributed by atoms with Crippen molar-refractivity contribution < 1.29 is 41.3 Å². The fraction of sp³-hybridized carbons (Fsp3) is 0.269. The highest BCUT2D eigenvalue weighted by atomic mass is 32.2. The van der Waals surface area contributed by atoms with Crippen LogP contribution in [-0.2, 0) is 27.9 Å². The Kier molecular flexibility index (Phi) is 11.3. The zero-order valence-corrected chi connectivity index (χ0v) is 21.6. The predicted molar refractivity (Wildman–Crippen MR) is 136 cm³/mol. The van der Waals surface area contributed by atoms with Gasteiger partial charge in [0.2, 0.25) is 10.0 Å². The minimum atomic E-state index is -5.08. The molecule has 8 nitrogen and oxygen atoms in total. The van der Waals surface area contributed by atoms with E-state index >= 15 is 0 Å². The Morgan fingerprint density at radius 3 is 1.82 bits per heavy atom. The number of ether oxygens (including phenoxy) is 1. The number of alkyl halides is 3. The van der Waals surface area contributed by atoms with Gasteiger partial charge in [-0.25, -0.2) is 17.9 Å². The van der Waals surface area contributed by atoms with Gasteiger partial charge in [-0.2, -0.15) is 13.2 Å². The number of aliphatic carboxylic acids is 1. The second kappa shape index (κ2) is 13.9. The first kappa shape index (κ1) is 30.8. The molecule has 0 aliphatic carbocycles. The molecule has 0 fully saturated rings. The summed E-state index contributed by atoms with van der Waals surface area (Å²) in [5, 5.41) is 16.1. The van der Waals surface area contributed by atoms with Crippen LogP contribution in [0.25, 0.3) is 11.1 Å². The molecule has 0 aliphatic heterocycles. The SMILES string of the molecule is COc1ccc(S(=O)(=O)NCc2ccc(-c3ccc(CN(C)CCO)cc3)cc2)cc1.O=C(O)C(F)(F)F. The van der Waals surface area contributed by atoms with Crippen molar-refractivity contribution in [2.24, 2.45) is 0 Å². The lowest BCUT2D eigenvalue weighted by Crippen LogP contribution is -2.23. The highest BCUT2D eigenvalue weighted by molar-refractivity contribution is 7.89. The summed E-state index contributed by atoms with van der Waals surface area (Å²) in [5.41, 5.74) is 4.23. The van der Waals surface area contributed by atoms with Gasteiger partial charge in [-0.1, -0.05) is 48.5 Å². The van der Waals surface area contributed by atoms with Crippen LogP contribution in [0.1, 0.15) is 11.1 Å². The van der Waals surface area contributed by atoms with Crippen LogP contribution >= 0.6 is 0 Å². The molecule has 3 aromatic carbocycles. The molecular formula is C26H29F3N2O6S. The summed E-state index contributed by atoms with van der Waals surface area (Å²) in [6, 6.07) is 22.4. The fourth-order valence-corrected chi connectivity index (χ4v) is 4.21. The molecule has 0 spiro atoms. The largest absolute Gasteiger partial charge is 0.497 e. The number of carbonyl (C=O) groups is 1. The molecular weight excluding hydrogens is 525 g/mol. The summed E-state index contributed by atoms with van der Waals surface area (Å²) in [4.78, 5) is 11.2. The van der Waals surface area contributed by atoms with Gasteiger partial charge in [0, 0.05) is 19.6 Å². The van der Waals surface area contributed by atoms with E-state index < -0.39 is 22.2 Å². The number of hydrogen-bond acceptors (Lipinski definition) is 6. The van der Waals surface area contributed by atoms with Crippen LogP contribution in [0.5, 0.6) is 5.75 Å². The minimum Gasteiger partial charge on any atom is -0.497 e. The maximum atomic E-state index is 12.5. The third-order valence-electron chi connectivity index (χ3n) is 5.25. The molecule has 12 heteroatoms. The molecule has 0 aliphatic rings. The number of benzene rings is 3. The van der Waals surface area contributed by atoms with Crippen molar-refractivity contribution in [3.05, 3.63) is 83.9 Å². The molecule has 0 unspecified atom stereocenters. The Balaban J connectivity index is 0.000000638. The number of aliphatic hydroxyl groups excluding tert-OH is 1. The topological polar surface area (TPSA) is 116 Å². The number of likely N-dealkylation sites (N-methyl/N-ethyl adjacent to an activating group) is 1. The molecule has 0 aromatic heterocycles. The van der Waals surface area contributed by atoms with E-state index in [9.17, 15) is 21.6 Å². The van der Waals surface area contributed by atoms with Crippen molar-refractivity contribution in [2.75, 3.05) is 27.3 Å². The molecule has 0 heterocycles. The van der Waals surface area contributed by atoms with Crippen molar-refractivity contribution in [1.29, 1.82) is 0 Å². The summed E-state index contributed by atoms with van der Waals surface area (Å²) in [6.45, 7) is 1.79. The lowest BCUT2D eigenvalue weighted by atomic mass is 10.0. The molecule has 3 rings (SSSR count). The number of carboxylic acids is 1. The molecule has 0 atom stereocenters. The van der Waals surface area contributed by atoms with Crippen LogP contribution in [0.3, 0.4) is 0 Å². The van der Waals surface area contributed by atoms with Crippen molar-refractivity contribution in [1.82, 2.24) is 9.62 Å². The lowest BCUT2D eigenvalue weighted by molar-refractivity contribution is -0.192. The van der Waals surface area contributed by atoms with Crippen molar-refractivity contribution in [3.8, 4) is 16.9 Å². The summed E-state index contributed by atoms with van der Waals surface area (Å²) in [7, 11) is -0.0727. The Labute approximate surface area is 219 Å². The number of aliphatic hydroxyl groups is 1. The van der Waals surface area contributed by atoms with Gasteiger partial charge in [-0.15, -0.1) is 0 Å². The number of sulfonamides is 1. The van der Waals surface area contributed by atoms with E-state index in [1.165, 1.54) is 24.8 Å². The van der Waals surface area contributed by atoms with Crippen LogP contribution in [0.2, 0.25) is 0 Å². The van der Waals surface area contributed by atoms with E-state index in [1.54, 1.807) is 12.1 Å². The molecule has 0 saturated heterocycles. The van der Waals surface area contributed by atoms with E-state index in [4.69, 9.17) is 19.7 Å². The van der Waals surface area contributed by atoms with Crippen LogP contribution in [-0.4, -0.2) is 63.0 Å². The van der Waals surface area contributed by atoms with Gasteiger partial charge in [0.25, 0.3) is 0 Å². The van der Waals surface area contributed by atoms with E-state index in [0.717, 1.165) is 23.2 Å². The maximum Gasteiger partial charge on any atom is 0.490 e. The van der Waals surface area contributed by atoms with Crippen molar-refractivity contribution in [3.63, 3.8) is 0 Å². The number of rotatable bonds is 10. The van der Waals surface area contributed by atoms with Gasteiger partial charge in [0.15, 0.2) is 0 Å². The number of nitrogens with one attached hydrogen (secondary N) is 1. The molecule has 206 valence electrons. The summed E-state index contributed by atoms with van der Waals surface area (Å²) < 4.78 is 64.4. The standard InChI is InChI=1S/C24H28N2O4S.C2HF3O2/c1-26(15-16-27)18-20-5-9-22(10-6-20)21-7-3-19(4-8-21)17-25-31(28,29)24-13-11-23(30-2)12-14-24;3-2(4,5)1(6)7/h3-14,25,27H,15-18H2,1-2H3;(H,6,7). The first-order valence-electron chi connectivity index (χ1n) is 11.3. The smallest absolute Gasteiger partial charge is 0.490 e. The monoisotopic (exact) mass is 554 g/mol. The second-order valence-corrected chi connectivity index (χ2v) is 9.93. The Morgan fingerprint density at radius 1 is 0.921 bits per heavy atom. The number of carboxylic acid groups (broad SMARTS) is 1. The van der Waals surface area contributed by atoms with E-state index in [0.29, 0.717) is 12.3 Å². The lowest BCUT2D eigenvalue weighted by Gasteiger charge is -2.15. The molecule has 3 aromatic rings. The average molecular weight is 555 g/mol.